The van der Waals surface area contributed by atoms with E-state index < -0.39 is 0 Å². The van der Waals surface area contributed by atoms with Crippen LogP contribution in [0.25, 0.3) is 11.4 Å². The molecule has 0 fully saturated rings. The maximum absolute atomic E-state index is 13.2. The van der Waals surface area contributed by atoms with Gasteiger partial charge in [-0.05, 0) is 25.1 Å². The summed E-state index contributed by atoms with van der Waals surface area (Å²) >= 11 is 6.15. The van der Waals surface area contributed by atoms with E-state index in [1.54, 1.807) is 30.7 Å². The quantitative estimate of drug-likeness (QED) is 0.706. The Morgan fingerprint density at radius 2 is 1.96 bits per heavy atom. The fourth-order valence-corrected chi connectivity index (χ4v) is 3.29. The number of aliphatic hydroxyl groups is 1. The molecule has 0 aliphatic heterocycles. The van der Waals surface area contributed by atoms with Gasteiger partial charge >= 0.3 is 0 Å². The van der Waals surface area contributed by atoms with Crippen molar-refractivity contribution in [2.24, 2.45) is 0 Å². The van der Waals surface area contributed by atoms with Gasteiger partial charge in [-0.3, -0.25) is 9.36 Å². The van der Waals surface area contributed by atoms with E-state index in [1.807, 2.05) is 36.4 Å². The molecule has 0 spiro atoms. The van der Waals surface area contributed by atoms with Gasteiger partial charge in [-0.1, -0.05) is 41.9 Å². The van der Waals surface area contributed by atoms with Gasteiger partial charge in [0.25, 0.3) is 5.56 Å². The number of methoxy groups -OCH3 is 1. The smallest absolute Gasteiger partial charge is 0.257 e. The standard InChI is InChI=1S/C21H21ClN2O3/c1-14-18(10-11-25)21(26)24(13-16-6-3-4-9-19(16)27-2)20(23-14)15-7-5-8-17(22)12-15/h3-9,12,25H,10-11,13H2,1-2H3. The van der Waals surface area contributed by atoms with Gasteiger partial charge in [-0.2, -0.15) is 0 Å². The lowest BCUT2D eigenvalue weighted by molar-refractivity contribution is 0.298. The SMILES string of the molecule is COc1ccccc1Cn1c(-c2cccc(Cl)c2)nc(C)c(CCO)c1=O. The summed E-state index contributed by atoms with van der Waals surface area (Å²) in [6, 6.07) is 14.8. The number of ether oxygens (including phenoxy) is 1. The van der Waals surface area contributed by atoms with E-state index in [-0.39, 0.29) is 18.6 Å². The summed E-state index contributed by atoms with van der Waals surface area (Å²) in [4.78, 5) is 17.9. The Labute approximate surface area is 162 Å². The first-order valence-corrected chi connectivity index (χ1v) is 9.02. The summed E-state index contributed by atoms with van der Waals surface area (Å²) < 4.78 is 7.04. The molecule has 0 unspecified atom stereocenters. The lowest BCUT2D eigenvalue weighted by Crippen LogP contribution is -2.29. The second kappa shape index (κ2) is 8.37. The van der Waals surface area contributed by atoms with Crippen LogP contribution in [0.2, 0.25) is 5.02 Å². The van der Waals surface area contributed by atoms with E-state index >= 15 is 0 Å². The number of hydrogen-bond acceptors (Lipinski definition) is 4. The predicted molar refractivity (Wildman–Crippen MR) is 107 cm³/mol. The maximum atomic E-state index is 13.2. The Balaban J connectivity index is 2.22. The number of nitrogens with zero attached hydrogens (tertiary/aromatic N) is 2. The highest BCUT2D eigenvalue weighted by Crippen LogP contribution is 2.24. The fourth-order valence-electron chi connectivity index (χ4n) is 3.10. The molecular formula is C21H21ClN2O3. The fraction of sp³-hybridized carbons (Fsp3) is 0.238. The predicted octanol–water partition coefficient (Wildman–Crippen LogP) is 3.46. The summed E-state index contributed by atoms with van der Waals surface area (Å²) in [5, 5.41) is 9.91. The molecule has 0 aliphatic rings. The highest BCUT2D eigenvalue weighted by Gasteiger charge is 2.17. The van der Waals surface area contributed by atoms with Crippen molar-refractivity contribution in [1.82, 2.24) is 9.55 Å². The van der Waals surface area contributed by atoms with Gasteiger partial charge in [-0.15, -0.1) is 0 Å². The van der Waals surface area contributed by atoms with Gasteiger partial charge in [0.15, 0.2) is 0 Å². The molecule has 1 heterocycles. The first-order valence-electron chi connectivity index (χ1n) is 8.64. The second-order valence-electron chi connectivity index (χ2n) is 6.19. The molecule has 27 heavy (non-hydrogen) atoms. The van der Waals surface area contributed by atoms with Gasteiger partial charge < -0.3 is 9.84 Å². The van der Waals surface area contributed by atoms with E-state index in [0.717, 1.165) is 11.1 Å². The van der Waals surface area contributed by atoms with Crippen molar-refractivity contribution in [3.63, 3.8) is 0 Å². The number of benzene rings is 2. The Bertz CT molecular complexity index is 1010. The number of rotatable bonds is 6. The van der Waals surface area contributed by atoms with Gasteiger partial charge in [0.05, 0.1) is 13.7 Å². The lowest BCUT2D eigenvalue weighted by Gasteiger charge is -2.17. The number of aliphatic hydroxyl groups excluding tert-OH is 1. The Hall–Kier alpha value is -2.63. The van der Waals surface area contributed by atoms with Crippen LogP contribution in [0, 0.1) is 6.92 Å². The lowest BCUT2D eigenvalue weighted by atomic mass is 10.1. The number of para-hydroxylation sites is 1. The van der Waals surface area contributed by atoms with Crippen LogP contribution < -0.4 is 10.3 Å². The van der Waals surface area contributed by atoms with E-state index in [9.17, 15) is 9.90 Å². The molecule has 0 bridgehead atoms. The molecule has 2 aromatic carbocycles. The van der Waals surface area contributed by atoms with Crippen molar-refractivity contribution >= 4 is 11.6 Å². The van der Waals surface area contributed by atoms with Crippen LogP contribution in [0.4, 0.5) is 0 Å². The summed E-state index contributed by atoms with van der Waals surface area (Å²) in [7, 11) is 1.60. The van der Waals surface area contributed by atoms with Crippen LogP contribution in [-0.4, -0.2) is 28.4 Å². The Kier molecular flexibility index (Phi) is 5.94. The number of aryl methyl sites for hydroxylation is 1. The first kappa shape index (κ1) is 19.1. The molecule has 0 atom stereocenters. The normalized spacial score (nSPS) is 10.8. The molecule has 0 aliphatic carbocycles. The molecule has 0 radical (unpaired) electrons. The van der Waals surface area contributed by atoms with Gasteiger partial charge in [-0.25, -0.2) is 4.98 Å². The zero-order valence-corrected chi connectivity index (χ0v) is 16.0. The van der Waals surface area contributed by atoms with Crippen molar-refractivity contribution in [3.8, 4) is 17.1 Å². The number of halogens is 1. The molecule has 140 valence electrons. The van der Waals surface area contributed by atoms with Crippen molar-refractivity contribution in [2.45, 2.75) is 19.9 Å². The zero-order chi connectivity index (χ0) is 19.4. The number of hydrogen-bond donors (Lipinski definition) is 1. The molecule has 5 nitrogen and oxygen atoms in total. The minimum atomic E-state index is -0.169. The molecule has 0 saturated heterocycles. The largest absolute Gasteiger partial charge is 0.496 e. The average molecular weight is 385 g/mol. The average Bonchev–Trinajstić information content (AvgIpc) is 2.67. The molecule has 1 aromatic heterocycles. The monoisotopic (exact) mass is 384 g/mol. The van der Waals surface area contributed by atoms with E-state index in [0.29, 0.717) is 34.4 Å². The minimum Gasteiger partial charge on any atom is -0.496 e. The molecule has 1 N–H and O–H groups in total. The van der Waals surface area contributed by atoms with Crippen LogP contribution in [0.5, 0.6) is 5.75 Å². The topological polar surface area (TPSA) is 64.3 Å². The van der Waals surface area contributed by atoms with E-state index in [4.69, 9.17) is 16.3 Å². The maximum Gasteiger partial charge on any atom is 0.257 e. The molecule has 3 rings (SSSR count). The third kappa shape index (κ3) is 4.04. The first-order chi connectivity index (χ1) is 13.0. The van der Waals surface area contributed by atoms with Crippen LogP contribution in [-0.2, 0) is 13.0 Å². The van der Waals surface area contributed by atoms with Crippen molar-refractivity contribution in [2.75, 3.05) is 13.7 Å². The minimum absolute atomic E-state index is 0.108. The summed E-state index contributed by atoms with van der Waals surface area (Å²) in [6.07, 6.45) is 0.263. The molecule has 3 aromatic rings. The Morgan fingerprint density at radius 3 is 2.67 bits per heavy atom. The highest BCUT2D eigenvalue weighted by atomic mass is 35.5. The zero-order valence-electron chi connectivity index (χ0n) is 15.3. The van der Waals surface area contributed by atoms with Crippen molar-refractivity contribution in [3.05, 3.63) is 80.7 Å². The summed E-state index contributed by atoms with van der Waals surface area (Å²) in [6.45, 7) is 1.98. The third-order valence-electron chi connectivity index (χ3n) is 4.43. The summed E-state index contributed by atoms with van der Waals surface area (Å²) in [5.74, 6) is 1.23. The molecular weight excluding hydrogens is 364 g/mol. The van der Waals surface area contributed by atoms with Gasteiger partial charge in [0.2, 0.25) is 0 Å². The molecule has 0 saturated carbocycles. The third-order valence-corrected chi connectivity index (χ3v) is 4.67. The highest BCUT2D eigenvalue weighted by molar-refractivity contribution is 6.30. The Morgan fingerprint density at radius 1 is 1.19 bits per heavy atom. The van der Waals surface area contributed by atoms with Crippen molar-refractivity contribution in [1.29, 1.82) is 0 Å². The van der Waals surface area contributed by atoms with Crippen LogP contribution in [0.3, 0.4) is 0 Å². The van der Waals surface area contributed by atoms with Crippen LogP contribution in [0.15, 0.2) is 53.3 Å². The molecule has 6 heteroatoms. The second-order valence-corrected chi connectivity index (χ2v) is 6.62. The van der Waals surface area contributed by atoms with Crippen LogP contribution >= 0.6 is 11.6 Å². The van der Waals surface area contributed by atoms with Crippen molar-refractivity contribution < 1.29 is 9.84 Å². The summed E-state index contributed by atoms with van der Waals surface area (Å²) in [5.41, 5.74) is 2.58. The van der Waals surface area contributed by atoms with Crippen LogP contribution in [0.1, 0.15) is 16.8 Å². The van der Waals surface area contributed by atoms with E-state index in [1.165, 1.54) is 0 Å². The molecule has 0 amide bonds. The van der Waals surface area contributed by atoms with Gasteiger partial charge in [0.1, 0.15) is 11.6 Å². The number of aromatic nitrogens is 2. The van der Waals surface area contributed by atoms with Gasteiger partial charge in [0, 0.05) is 40.4 Å². The van der Waals surface area contributed by atoms with E-state index in [2.05, 4.69) is 4.98 Å².